The number of aromatic nitrogens is 2. The van der Waals surface area contributed by atoms with Gasteiger partial charge in [0, 0.05) is 17.3 Å². The second-order valence-electron chi connectivity index (χ2n) is 5.02. The molecule has 0 aliphatic heterocycles. The second-order valence-corrected chi connectivity index (χ2v) is 5.81. The van der Waals surface area contributed by atoms with Gasteiger partial charge in [-0.2, -0.15) is 5.10 Å². The second kappa shape index (κ2) is 6.11. The molecule has 0 amide bonds. The quantitative estimate of drug-likeness (QED) is 0.877. The minimum Gasteiger partial charge on any atom is -0.453 e. The van der Waals surface area contributed by atoms with Gasteiger partial charge in [0.2, 0.25) is 0 Å². The molecule has 20 heavy (non-hydrogen) atoms. The van der Waals surface area contributed by atoms with E-state index in [2.05, 4.69) is 26.3 Å². The third-order valence-corrected chi connectivity index (χ3v) is 4.15. The van der Waals surface area contributed by atoms with Crippen LogP contribution in [0.25, 0.3) is 0 Å². The average molecular weight is 340 g/mol. The van der Waals surface area contributed by atoms with Crippen LogP contribution in [0.1, 0.15) is 35.9 Å². The van der Waals surface area contributed by atoms with Gasteiger partial charge in [-0.3, -0.25) is 4.68 Å². The van der Waals surface area contributed by atoms with E-state index in [1.807, 2.05) is 23.0 Å². The van der Waals surface area contributed by atoms with Crippen molar-refractivity contribution >= 4 is 15.9 Å². The summed E-state index contributed by atoms with van der Waals surface area (Å²) in [5.74, 6) is 0.923. The molecule has 0 spiro atoms. The highest BCUT2D eigenvalue weighted by molar-refractivity contribution is 9.10. The molecule has 6 heteroatoms. The maximum absolute atomic E-state index is 9.07. The molecule has 0 fully saturated rings. The van der Waals surface area contributed by atoms with Gasteiger partial charge in [-0.25, -0.2) is 0 Å². The minimum absolute atomic E-state index is 0.132. The van der Waals surface area contributed by atoms with Crippen molar-refractivity contribution in [3.63, 3.8) is 0 Å². The predicted octanol–water partition coefficient (Wildman–Crippen LogP) is 2.40. The molecular formula is C14H18BrN3O2. The normalized spacial score (nSPS) is 18.2. The van der Waals surface area contributed by atoms with Crippen LogP contribution in [0.2, 0.25) is 0 Å². The van der Waals surface area contributed by atoms with E-state index in [9.17, 15) is 0 Å². The van der Waals surface area contributed by atoms with Crippen molar-refractivity contribution in [2.75, 3.05) is 6.61 Å². The summed E-state index contributed by atoms with van der Waals surface area (Å²) >= 11 is 3.31. The van der Waals surface area contributed by atoms with Gasteiger partial charge in [0.1, 0.15) is 5.76 Å². The van der Waals surface area contributed by atoms with E-state index < -0.39 is 0 Å². The van der Waals surface area contributed by atoms with Crippen LogP contribution >= 0.6 is 15.9 Å². The van der Waals surface area contributed by atoms with Crippen molar-refractivity contribution in [1.29, 1.82) is 0 Å². The van der Waals surface area contributed by atoms with Gasteiger partial charge >= 0.3 is 0 Å². The standard InChI is InChI=1S/C14H18BrN3O2/c15-14-5-4-10(20-14)8-16-12-2-1-3-13-11(12)9-17-18(13)6-7-19/h4-5,9,12,16,19H,1-3,6-8H2. The maximum Gasteiger partial charge on any atom is 0.169 e. The molecule has 0 bridgehead atoms. The molecule has 1 aliphatic carbocycles. The summed E-state index contributed by atoms with van der Waals surface area (Å²) in [6.07, 6.45) is 5.23. The van der Waals surface area contributed by atoms with Crippen LogP contribution in [0.4, 0.5) is 0 Å². The molecule has 3 rings (SSSR count). The lowest BCUT2D eigenvalue weighted by Crippen LogP contribution is -2.25. The number of fused-ring (bicyclic) bond motifs is 1. The number of aliphatic hydroxyl groups excluding tert-OH is 1. The van der Waals surface area contributed by atoms with Crippen LogP contribution in [0, 0.1) is 0 Å². The zero-order valence-electron chi connectivity index (χ0n) is 11.2. The Balaban J connectivity index is 1.70. The van der Waals surface area contributed by atoms with E-state index in [1.165, 1.54) is 11.3 Å². The fourth-order valence-corrected chi connectivity index (χ4v) is 3.13. The molecule has 2 heterocycles. The van der Waals surface area contributed by atoms with Crippen LogP contribution in [-0.4, -0.2) is 21.5 Å². The zero-order valence-corrected chi connectivity index (χ0v) is 12.8. The van der Waals surface area contributed by atoms with E-state index in [4.69, 9.17) is 9.52 Å². The third kappa shape index (κ3) is 2.82. The number of hydrogen-bond donors (Lipinski definition) is 2. The molecule has 1 aliphatic rings. The van der Waals surface area contributed by atoms with Crippen LogP contribution in [0.15, 0.2) is 27.4 Å². The van der Waals surface area contributed by atoms with Gasteiger partial charge in [-0.05, 0) is 47.3 Å². The highest BCUT2D eigenvalue weighted by atomic mass is 79.9. The van der Waals surface area contributed by atoms with Crippen molar-refractivity contribution in [3.05, 3.63) is 40.0 Å². The zero-order chi connectivity index (χ0) is 13.9. The number of aliphatic hydroxyl groups is 1. The monoisotopic (exact) mass is 339 g/mol. The SMILES string of the molecule is OCCn1ncc2c1CCCC2NCc1ccc(Br)o1. The summed E-state index contributed by atoms with van der Waals surface area (Å²) in [6.45, 7) is 1.42. The van der Waals surface area contributed by atoms with Crippen molar-refractivity contribution in [2.45, 2.75) is 38.4 Å². The molecule has 0 saturated heterocycles. The Kier molecular flexibility index (Phi) is 4.24. The van der Waals surface area contributed by atoms with Gasteiger partial charge in [0.15, 0.2) is 4.67 Å². The summed E-state index contributed by atoms with van der Waals surface area (Å²) in [7, 11) is 0. The lowest BCUT2D eigenvalue weighted by atomic mass is 9.93. The van der Waals surface area contributed by atoms with E-state index in [0.29, 0.717) is 19.1 Å². The molecule has 0 aromatic carbocycles. The van der Waals surface area contributed by atoms with Crippen LogP contribution in [0.3, 0.4) is 0 Å². The Morgan fingerprint density at radius 2 is 2.40 bits per heavy atom. The third-order valence-electron chi connectivity index (χ3n) is 3.73. The molecular weight excluding hydrogens is 322 g/mol. The summed E-state index contributed by atoms with van der Waals surface area (Å²) in [5.41, 5.74) is 2.51. The summed E-state index contributed by atoms with van der Waals surface area (Å²) in [5, 5.41) is 17.0. The van der Waals surface area contributed by atoms with Crippen molar-refractivity contribution in [1.82, 2.24) is 15.1 Å². The Morgan fingerprint density at radius 3 is 3.15 bits per heavy atom. The Bertz CT molecular complexity index is 579. The molecule has 2 aromatic rings. The number of nitrogens with one attached hydrogen (secondary N) is 1. The topological polar surface area (TPSA) is 63.2 Å². The molecule has 0 saturated carbocycles. The Morgan fingerprint density at radius 1 is 1.50 bits per heavy atom. The molecule has 108 valence electrons. The lowest BCUT2D eigenvalue weighted by molar-refractivity contribution is 0.266. The summed E-state index contributed by atoms with van der Waals surface area (Å²) in [6, 6.07) is 4.19. The number of hydrogen-bond acceptors (Lipinski definition) is 4. The summed E-state index contributed by atoms with van der Waals surface area (Å²) in [4.78, 5) is 0. The van der Waals surface area contributed by atoms with Gasteiger partial charge in [0.25, 0.3) is 0 Å². The van der Waals surface area contributed by atoms with Gasteiger partial charge < -0.3 is 14.8 Å². The van der Waals surface area contributed by atoms with E-state index in [-0.39, 0.29) is 6.61 Å². The first-order valence-corrected chi connectivity index (χ1v) is 7.70. The van der Waals surface area contributed by atoms with Gasteiger partial charge in [0.05, 0.1) is 25.9 Å². The number of nitrogens with zero attached hydrogens (tertiary/aromatic N) is 2. The molecule has 0 radical (unpaired) electrons. The van der Waals surface area contributed by atoms with E-state index in [1.54, 1.807) is 0 Å². The highest BCUT2D eigenvalue weighted by Gasteiger charge is 2.23. The maximum atomic E-state index is 9.07. The molecule has 2 aromatic heterocycles. The van der Waals surface area contributed by atoms with Gasteiger partial charge in [-0.1, -0.05) is 0 Å². The summed E-state index contributed by atoms with van der Waals surface area (Å²) < 4.78 is 8.19. The lowest BCUT2D eigenvalue weighted by Gasteiger charge is -2.24. The first kappa shape index (κ1) is 13.9. The molecule has 1 unspecified atom stereocenters. The largest absolute Gasteiger partial charge is 0.453 e. The highest BCUT2D eigenvalue weighted by Crippen LogP contribution is 2.30. The number of rotatable bonds is 5. The molecule has 1 atom stereocenters. The number of furan rings is 1. The van der Waals surface area contributed by atoms with Crippen LogP contribution in [0.5, 0.6) is 0 Å². The fourth-order valence-electron chi connectivity index (χ4n) is 2.79. The Labute approximate surface area is 126 Å². The number of halogens is 1. The minimum atomic E-state index is 0.132. The van der Waals surface area contributed by atoms with Crippen molar-refractivity contribution in [2.24, 2.45) is 0 Å². The fraction of sp³-hybridized carbons (Fsp3) is 0.500. The molecule has 5 nitrogen and oxygen atoms in total. The van der Waals surface area contributed by atoms with Crippen LogP contribution in [-0.2, 0) is 19.5 Å². The van der Waals surface area contributed by atoms with Crippen molar-refractivity contribution in [3.8, 4) is 0 Å². The Hall–Kier alpha value is -1.11. The first-order valence-electron chi connectivity index (χ1n) is 6.91. The smallest absolute Gasteiger partial charge is 0.169 e. The first-order chi connectivity index (χ1) is 9.78. The van der Waals surface area contributed by atoms with E-state index in [0.717, 1.165) is 29.7 Å². The average Bonchev–Trinajstić information content (AvgIpc) is 3.04. The van der Waals surface area contributed by atoms with Crippen LogP contribution < -0.4 is 5.32 Å². The van der Waals surface area contributed by atoms with Crippen molar-refractivity contribution < 1.29 is 9.52 Å². The van der Waals surface area contributed by atoms with Gasteiger partial charge in [-0.15, -0.1) is 0 Å². The molecule has 2 N–H and O–H groups in total. The van der Waals surface area contributed by atoms with E-state index >= 15 is 0 Å². The predicted molar refractivity (Wildman–Crippen MR) is 78.2 cm³/mol.